The average Bonchev–Trinajstić information content (AvgIpc) is 2.47. The lowest BCUT2D eigenvalue weighted by Gasteiger charge is -2.09. The van der Waals surface area contributed by atoms with Gasteiger partial charge in [0.15, 0.2) is 0 Å². The number of aromatic amines is 1. The Kier molecular flexibility index (Phi) is 3.29. The second-order valence-electron chi connectivity index (χ2n) is 4.20. The molecule has 0 unspecified atom stereocenters. The molecule has 3 heteroatoms. The van der Waals surface area contributed by atoms with Crippen LogP contribution in [0.2, 0.25) is 0 Å². The van der Waals surface area contributed by atoms with Gasteiger partial charge in [0.1, 0.15) is 0 Å². The zero-order chi connectivity index (χ0) is 10.9. The molecule has 1 rings (SSSR count). The molecule has 0 amide bonds. The van der Waals surface area contributed by atoms with Crippen LogP contribution in [0.4, 0.5) is 8.78 Å². The van der Waals surface area contributed by atoms with Crippen LogP contribution in [-0.2, 0) is 0 Å². The van der Waals surface area contributed by atoms with Gasteiger partial charge in [-0.3, -0.25) is 0 Å². The lowest BCUT2D eigenvalue weighted by Crippen LogP contribution is -1.95. The molecule has 0 saturated carbocycles. The molecule has 14 heavy (non-hydrogen) atoms. The summed E-state index contributed by atoms with van der Waals surface area (Å²) in [5, 5.41) is 0. The standard InChI is InChI=1S/C11H17F2N/c1-6(2)8-5-9(11(12)13)14-10(8)7(3)4/h5-7,11,14H,1-4H3. The Morgan fingerprint density at radius 3 is 1.93 bits per heavy atom. The summed E-state index contributed by atoms with van der Waals surface area (Å²) in [6, 6.07) is 1.59. The summed E-state index contributed by atoms with van der Waals surface area (Å²) in [6.07, 6.45) is -2.40. The van der Waals surface area contributed by atoms with E-state index in [0.717, 1.165) is 11.3 Å². The summed E-state index contributed by atoms with van der Waals surface area (Å²) >= 11 is 0. The molecule has 0 saturated heterocycles. The van der Waals surface area contributed by atoms with Gasteiger partial charge in [-0.1, -0.05) is 27.7 Å². The van der Waals surface area contributed by atoms with E-state index in [1.165, 1.54) is 0 Å². The Hall–Kier alpha value is -0.860. The highest BCUT2D eigenvalue weighted by molar-refractivity contribution is 5.31. The zero-order valence-corrected chi connectivity index (χ0v) is 9.07. The highest BCUT2D eigenvalue weighted by Gasteiger charge is 2.18. The third kappa shape index (κ3) is 2.14. The molecule has 1 N–H and O–H groups in total. The first-order valence-electron chi connectivity index (χ1n) is 4.94. The maximum absolute atomic E-state index is 12.5. The lowest BCUT2D eigenvalue weighted by atomic mass is 9.98. The molecule has 0 fully saturated rings. The van der Waals surface area contributed by atoms with Crippen LogP contribution in [0, 0.1) is 0 Å². The second kappa shape index (κ2) is 4.11. The van der Waals surface area contributed by atoms with Gasteiger partial charge in [0.25, 0.3) is 6.43 Å². The predicted octanol–water partition coefficient (Wildman–Crippen LogP) is 4.20. The Morgan fingerprint density at radius 2 is 1.64 bits per heavy atom. The van der Waals surface area contributed by atoms with E-state index in [0.29, 0.717) is 0 Å². The van der Waals surface area contributed by atoms with E-state index < -0.39 is 6.43 Å². The van der Waals surface area contributed by atoms with Crippen molar-refractivity contribution in [3.8, 4) is 0 Å². The molecule has 80 valence electrons. The first-order chi connectivity index (χ1) is 6.43. The van der Waals surface area contributed by atoms with Gasteiger partial charge in [0.2, 0.25) is 0 Å². The minimum absolute atomic E-state index is 0.0393. The molecule has 1 heterocycles. The van der Waals surface area contributed by atoms with Crippen LogP contribution in [-0.4, -0.2) is 4.98 Å². The molecule has 0 radical (unpaired) electrons. The van der Waals surface area contributed by atoms with Crippen molar-refractivity contribution < 1.29 is 8.78 Å². The third-order valence-corrected chi connectivity index (χ3v) is 2.34. The van der Waals surface area contributed by atoms with Gasteiger partial charge < -0.3 is 4.98 Å². The molecule has 0 atom stereocenters. The van der Waals surface area contributed by atoms with Gasteiger partial charge in [-0.05, 0) is 23.5 Å². The summed E-state index contributed by atoms with van der Waals surface area (Å²) in [6.45, 7) is 8.05. The molecule has 1 aromatic heterocycles. The van der Waals surface area contributed by atoms with E-state index in [2.05, 4.69) is 4.98 Å². The topological polar surface area (TPSA) is 15.8 Å². The van der Waals surface area contributed by atoms with Crippen LogP contribution in [0.1, 0.15) is 62.9 Å². The molecule has 0 aromatic carbocycles. The molecule has 0 bridgehead atoms. The number of rotatable bonds is 3. The first kappa shape index (κ1) is 11.2. The Balaban J connectivity index is 3.12. The fourth-order valence-electron chi connectivity index (χ4n) is 1.58. The van der Waals surface area contributed by atoms with Crippen molar-refractivity contribution in [1.82, 2.24) is 4.98 Å². The van der Waals surface area contributed by atoms with Gasteiger partial charge in [0.05, 0.1) is 5.69 Å². The summed E-state index contributed by atoms with van der Waals surface area (Å²) in [5.41, 5.74) is 1.99. The van der Waals surface area contributed by atoms with Crippen molar-refractivity contribution in [3.63, 3.8) is 0 Å². The van der Waals surface area contributed by atoms with Crippen LogP contribution in [0.3, 0.4) is 0 Å². The predicted molar refractivity (Wildman–Crippen MR) is 53.9 cm³/mol. The van der Waals surface area contributed by atoms with Gasteiger partial charge >= 0.3 is 0 Å². The van der Waals surface area contributed by atoms with E-state index >= 15 is 0 Å². The van der Waals surface area contributed by atoms with Gasteiger partial charge in [0, 0.05) is 5.69 Å². The molecule has 1 nitrogen and oxygen atoms in total. The number of nitrogens with one attached hydrogen (secondary N) is 1. The molecular formula is C11H17F2N. The van der Waals surface area contributed by atoms with Crippen LogP contribution in [0.15, 0.2) is 6.07 Å². The van der Waals surface area contributed by atoms with Crippen LogP contribution >= 0.6 is 0 Å². The maximum atomic E-state index is 12.5. The average molecular weight is 201 g/mol. The molecule has 0 aliphatic heterocycles. The summed E-state index contributed by atoms with van der Waals surface area (Å²) in [4.78, 5) is 2.81. The van der Waals surface area contributed by atoms with Gasteiger partial charge in [-0.15, -0.1) is 0 Å². The first-order valence-corrected chi connectivity index (χ1v) is 4.94. The number of hydrogen-bond donors (Lipinski definition) is 1. The Labute approximate surface area is 83.5 Å². The van der Waals surface area contributed by atoms with E-state index in [4.69, 9.17) is 0 Å². The fourth-order valence-corrected chi connectivity index (χ4v) is 1.58. The van der Waals surface area contributed by atoms with Crippen molar-refractivity contribution in [1.29, 1.82) is 0 Å². The molecule has 1 aromatic rings. The summed E-state index contributed by atoms with van der Waals surface area (Å²) in [5.74, 6) is 0.552. The highest BCUT2D eigenvalue weighted by Crippen LogP contribution is 2.30. The van der Waals surface area contributed by atoms with Gasteiger partial charge in [-0.2, -0.15) is 0 Å². The van der Waals surface area contributed by atoms with E-state index in [1.54, 1.807) is 6.07 Å². The van der Waals surface area contributed by atoms with Crippen molar-refractivity contribution >= 4 is 0 Å². The van der Waals surface area contributed by atoms with Crippen molar-refractivity contribution in [2.24, 2.45) is 0 Å². The number of hydrogen-bond acceptors (Lipinski definition) is 0. The number of halogens is 2. The third-order valence-electron chi connectivity index (χ3n) is 2.34. The van der Waals surface area contributed by atoms with Crippen LogP contribution in [0.5, 0.6) is 0 Å². The number of H-pyrrole nitrogens is 1. The van der Waals surface area contributed by atoms with Gasteiger partial charge in [-0.25, -0.2) is 8.78 Å². The Morgan fingerprint density at radius 1 is 1.07 bits per heavy atom. The van der Waals surface area contributed by atoms with Crippen molar-refractivity contribution in [2.45, 2.75) is 46.0 Å². The number of alkyl halides is 2. The van der Waals surface area contributed by atoms with Crippen molar-refractivity contribution in [3.05, 3.63) is 23.0 Å². The smallest absolute Gasteiger partial charge is 0.278 e. The quantitative estimate of drug-likeness (QED) is 0.754. The highest BCUT2D eigenvalue weighted by atomic mass is 19.3. The monoisotopic (exact) mass is 201 g/mol. The fraction of sp³-hybridized carbons (Fsp3) is 0.636. The maximum Gasteiger partial charge on any atom is 0.278 e. The summed E-state index contributed by atoms with van der Waals surface area (Å²) in [7, 11) is 0. The molecule has 0 aliphatic carbocycles. The van der Waals surface area contributed by atoms with E-state index in [9.17, 15) is 8.78 Å². The van der Waals surface area contributed by atoms with Crippen LogP contribution in [0.25, 0.3) is 0 Å². The van der Waals surface area contributed by atoms with Crippen molar-refractivity contribution in [2.75, 3.05) is 0 Å². The SMILES string of the molecule is CC(C)c1cc(C(F)F)[nH]c1C(C)C. The Bertz CT molecular complexity index is 275. The summed E-state index contributed by atoms with van der Waals surface area (Å²) < 4.78 is 24.9. The normalized spacial score (nSPS) is 12.1. The zero-order valence-electron chi connectivity index (χ0n) is 9.07. The minimum Gasteiger partial charge on any atom is -0.357 e. The molecular weight excluding hydrogens is 184 g/mol. The number of aromatic nitrogens is 1. The van der Waals surface area contributed by atoms with E-state index in [-0.39, 0.29) is 17.5 Å². The largest absolute Gasteiger partial charge is 0.357 e. The second-order valence-corrected chi connectivity index (χ2v) is 4.20. The lowest BCUT2D eigenvalue weighted by molar-refractivity contribution is 0.146. The van der Waals surface area contributed by atoms with E-state index in [1.807, 2.05) is 27.7 Å². The van der Waals surface area contributed by atoms with Crippen LogP contribution < -0.4 is 0 Å². The molecule has 0 spiro atoms. The minimum atomic E-state index is -2.40. The molecule has 0 aliphatic rings.